The lowest BCUT2D eigenvalue weighted by atomic mass is 10.0. The van der Waals surface area contributed by atoms with Gasteiger partial charge in [0.15, 0.2) is 5.13 Å². The van der Waals surface area contributed by atoms with Gasteiger partial charge in [0, 0.05) is 11.5 Å². The minimum absolute atomic E-state index is 0.0966. The SMILES string of the molecule is CCC(C)(ON=C(C(=O)O)c1nsc(N)n1)C(=O)OC(C)(C)C. The number of nitrogens with two attached hydrogens (primary N) is 1. The zero-order valence-corrected chi connectivity index (χ0v) is 14.4. The fraction of sp³-hybridized carbons (Fsp3) is 0.615. The second-order valence-electron chi connectivity index (χ2n) is 5.88. The van der Waals surface area contributed by atoms with Crippen molar-refractivity contribution in [1.29, 1.82) is 0 Å². The van der Waals surface area contributed by atoms with Crippen molar-refractivity contribution in [2.75, 3.05) is 5.73 Å². The van der Waals surface area contributed by atoms with Crippen molar-refractivity contribution < 1.29 is 24.3 Å². The highest BCUT2D eigenvalue weighted by Crippen LogP contribution is 2.22. The van der Waals surface area contributed by atoms with Crippen LogP contribution in [0.25, 0.3) is 0 Å². The average molecular weight is 344 g/mol. The Bertz CT molecular complexity index is 622. The summed E-state index contributed by atoms with van der Waals surface area (Å²) in [6.07, 6.45) is 0.227. The lowest BCUT2D eigenvalue weighted by molar-refractivity contribution is -0.182. The maximum Gasteiger partial charge on any atom is 0.362 e. The number of carbonyl (C=O) groups excluding carboxylic acids is 1. The van der Waals surface area contributed by atoms with E-state index >= 15 is 0 Å². The first-order valence-corrected chi connectivity index (χ1v) is 7.58. The number of nitrogens with zero attached hydrogens (tertiary/aromatic N) is 3. The number of hydrogen-bond acceptors (Lipinski definition) is 9. The summed E-state index contributed by atoms with van der Waals surface area (Å²) in [5, 5.41) is 12.8. The number of carboxylic acid groups (broad SMARTS) is 1. The number of aliphatic carboxylic acids is 1. The van der Waals surface area contributed by atoms with Crippen molar-refractivity contribution in [2.45, 2.75) is 52.2 Å². The third kappa shape index (κ3) is 5.16. The summed E-state index contributed by atoms with van der Waals surface area (Å²) in [5.74, 6) is -2.22. The van der Waals surface area contributed by atoms with Crippen LogP contribution in [0.15, 0.2) is 5.16 Å². The summed E-state index contributed by atoms with van der Waals surface area (Å²) in [4.78, 5) is 32.4. The van der Waals surface area contributed by atoms with E-state index in [1.807, 2.05) is 0 Å². The molecule has 9 nitrogen and oxygen atoms in total. The maximum atomic E-state index is 12.2. The minimum atomic E-state index is -1.43. The molecular weight excluding hydrogens is 324 g/mol. The van der Waals surface area contributed by atoms with E-state index in [-0.39, 0.29) is 17.4 Å². The average Bonchev–Trinajstić information content (AvgIpc) is 2.82. The Morgan fingerprint density at radius 3 is 2.35 bits per heavy atom. The smallest absolute Gasteiger partial charge is 0.362 e. The molecule has 0 aliphatic heterocycles. The molecule has 0 aliphatic rings. The molecule has 1 unspecified atom stereocenters. The number of anilines is 1. The normalized spacial score (nSPS) is 14.9. The number of carboxylic acids is 1. The van der Waals surface area contributed by atoms with E-state index < -0.39 is 28.9 Å². The zero-order valence-electron chi connectivity index (χ0n) is 13.6. The highest BCUT2D eigenvalue weighted by atomic mass is 32.1. The molecule has 10 heteroatoms. The van der Waals surface area contributed by atoms with Crippen LogP contribution in [0.2, 0.25) is 0 Å². The molecule has 23 heavy (non-hydrogen) atoms. The number of nitrogen functional groups attached to an aromatic ring is 1. The van der Waals surface area contributed by atoms with Gasteiger partial charge in [0.05, 0.1) is 0 Å². The maximum absolute atomic E-state index is 12.2. The summed E-state index contributed by atoms with van der Waals surface area (Å²) >= 11 is 0.829. The van der Waals surface area contributed by atoms with Crippen LogP contribution in [0.5, 0.6) is 0 Å². The van der Waals surface area contributed by atoms with Gasteiger partial charge >= 0.3 is 11.9 Å². The van der Waals surface area contributed by atoms with Crippen LogP contribution in [0.4, 0.5) is 5.13 Å². The summed E-state index contributed by atoms with van der Waals surface area (Å²) in [6, 6.07) is 0. The molecule has 0 amide bonds. The van der Waals surface area contributed by atoms with E-state index in [4.69, 9.17) is 15.3 Å². The molecule has 0 spiro atoms. The fourth-order valence-corrected chi connectivity index (χ4v) is 1.72. The van der Waals surface area contributed by atoms with Crippen LogP contribution >= 0.6 is 11.5 Å². The molecule has 1 aromatic rings. The van der Waals surface area contributed by atoms with Gasteiger partial charge in [0.1, 0.15) is 5.60 Å². The Morgan fingerprint density at radius 1 is 1.35 bits per heavy atom. The molecule has 0 saturated heterocycles. The van der Waals surface area contributed by atoms with E-state index in [9.17, 15) is 14.7 Å². The molecule has 0 saturated carbocycles. The number of hydrogen-bond donors (Lipinski definition) is 2. The third-order valence-electron chi connectivity index (χ3n) is 2.70. The van der Waals surface area contributed by atoms with E-state index in [1.54, 1.807) is 27.7 Å². The Balaban J connectivity index is 3.04. The van der Waals surface area contributed by atoms with Gasteiger partial charge in [0.2, 0.25) is 17.1 Å². The van der Waals surface area contributed by atoms with Crippen molar-refractivity contribution in [2.24, 2.45) is 5.16 Å². The van der Waals surface area contributed by atoms with E-state index in [0.717, 1.165) is 11.5 Å². The van der Waals surface area contributed by atoms with Gasteiger partial charge in [0.25, 0.3) is 0 Å². The lowest BCUT2D eigenvalue weighted by Gasteiger charge is -2.28. The molecule has 3 N–H and O–H groups in total. The van der Waals surface area contributed by atoms with Crippen LogP contribution < -0.4 is 5.73 Å². The Morgan fingerprint density at radius 2 is 1.96 bits per heavy atom. The quantitative estimate of drug-likeness (QED) is 0.449. The molecule has 1 heterocycles. The molecule has 0 radical (unpaired) electrons. The van der Waals surface area contributed by atoms with Gasteiger partial charge < -0.3 is 20.4 Å². The minimum Gasteiger partial charge on any atom is -0.476 e. The summed E-state index contributed by atoms with van der Waals surface area (Å²) in [7, 11) is 0. The monoisotopic (exact) mass is 344 g/mol. The van der Waals surface area contributed by atoms with Crippen LogP contribution in [0.3, 0.4) is 0 Å². The largest absolute Gasteiger partial charge is 0.476 e. The van der Waals surface area contributed by atoms with E-state index in [0.29, 0.717) is 0 Å². The van der Waals surface area contributed by atoms with Crippen molar-refractivity contribution in [3.05, 3.63) is 5.82 Å². The predicted octanol–water partition coefficient (Wildman–Crippen LogP) is 1.44. The van der Waals surface area contributed by atoms with Crippen LogP contribution in [-0.4, -0.2) is 43.3 Å². The highest BCUT2D eigenvalue weighted by molar-refractivity contribution is 7.09. The topological polar surface area (TPSA) is 137 Å². The number of esters is 1. The summed E-state index contributed by atoms with van der Waals surface area (Å²) < 4.78 is 9.03. The number of rotatable bonds is 6. The molecule has 0 aromatic carbocycles. The molecule has 1 aromatic heterocycles. The van der Waals surface area contributed by atoms with Gasteiger partial charge in [-0.2, -0.15) is 9.36 Å². The number of carbonyl (C=O) groups is 2. The first kappa shape index (κ1) is 18.8. The van der Waals surface area contributed by atoms with Crippen LogP contribution in [0, 0.1) is 0 Å². The Hall–Kier alpha value is -2.23. The van der Waals surface area contributed by atoms with Crippen LogP contribution in [-0.2, 0) is 19.2 Å². The third-order valence-corrected chi connectivity index (χ3v) is 3.24. The Kier molecular flexibility index (Phi) is 5.65. The van der Waals surface area contributed by atoms with Crippen molar-refractivity contribution in [3.8, 4) is 0 Å². The molecular formula is C13H20N4O5S. The van der Waals surface area contributed by atoms with Crippen LogP contribution in [0.1, 0.15) is 46.9 Å². The summed E-state index contributed by atoms with van der Waals surface area (Å²) in [6.45, 7) is 8.31. The lowest BCUT2D eigenvalue weighted by Crippen LogP contribution is -2.42. The van der Waals surface area contributed by atoms with Crippen molar-refractivity contribution >= 4 is 34.3 Å². The zero-order chi connectivity index (χ0) is 17.8. The van der Waals surface area contributed by atoms with Gasteiger partial charge in [-0.25, -0.2) is 9.59 Å². The molecule has 0 fully saturated rings. The first-order chi connectivity index (χ1) is 10.5. The molecule has 0 bridgehead atoms. The van der Waals surface area contributed by atoms with E-state index in [1.165, 1.54) is 6.92 Å². The van der Waals surface area contributed by atoms with Gasteiger partial charge in [-0.15, -0.1) is 0 Å². The van der Waals surface area contributed by atoms with Gasteiger partial charge in [-0.1, -0.05) is 12.1 Å². The first-order valence-electron chi connectivity index (χ1n) is 6.81. The van der Waals surface area contributed by atoms with E-state index in [2.05, 4.69) is 14.5 Å². The van der Waals surface area contributed by atoms with Crippen molar-refractivity contribution in [1.82, 2.24) is 9.36 Å². The second-order valence-corrected chi connectivity index (χ2v) is 6.66. The molecule has 1 atom stereocenters. The molecule has 128 valence electrons. The Labute approximate surface area is 137 Å². The fourth-order valence-electron chi connectivity index (χ4n) is 1.29. The number of ether oxygens (including phenoxy) is 1. The van der Waals surface area contributed by atoms with Crippen molar-refractivity contribution in [3.63, 3.8) is 0 Å². The molecule has 1 rings (SSSR count). The second kappa shape index (κ2) is 6.90. The molecule has 0 aliphatic carbocycles. The predicted molar refractivity (Wildman–Crippen MR) is 84.1 cm³/mol. The summed E-state index contributed by atoms with van der Waals surface area (Å²) in [5.41, 5.74) is 2.74. The number of aromatic nitrogens is 2. The number of oxime groups is 1. The van der Waals surface area contributed by atoms with Gasteiger partial charge in [-0.3, -0.25) is 0 Å². The highest BCUT2D eigenvalue weighted by Gasteiger charge is 2.39. The van der Waals surface area contributed by atoms with Gasteiger partial charge in [-0.05, 0) is 34.1 Å². The standard InChI is InChI=1S/C13H20N4O5S/c1-6-13(5,10(20)21-12(2,3)4)22-16-7(9(18)19)8-15-11(14)23-17-8/h6H2,1-5H3,(H,18,19)(H2,14,15,17).